The summed E-state index contributed by atoms with van der Waals surface area (Å²) in [5, 5.41) is 4.49. The van der Waals surface area contributed by atoms with Crippen molar-refractivity contribution in [2.45, 2.75) is 26.8 Å². The third kappa shape index (κ3) is 1.98. The highest BCUT2D eigenvalue weighted by molar-refractivity contribution is 5.78. The second kappa shape index (κ2) is 4.30. The molecule has 16 heavy (non-hydrogen) atoms. The van der Waals surface area contributed by atoms with Gasteiger partial charge in [0.25, 0.3) is 0 Å². The van der Waals surface area contributed by atoms with Gasteiger partial charge in [-0.15, -0.1) is 0 Å². The van der Waals surface area contributed by atoms with Gasteiger partial charge in [-0.3, -0.25) is 0 Å². The summed E-state index contributed by atoms with van der Waals surface area (Å²) in [6, 6.07) is 8.71. The Kier molecular flexibility index (Phi) is 3.01. The number of hydrogen-bond acceptors (Lipinski definition) is 2. The van der Waals surface area contributed by atoms with Gasteiger partial charge in [-0.2, -0.15) is 0 Å². The first-order valence-electron chi connectivity index (χ1n) is 5.79. The molecule has 2 nitrogen and oxygen atoms in total. The molecule has 1 aromatic heterocycles. The highest BCUT2D eigenvalue weighted by atomic mass is 16.3. The predicted octanol–water partition coefficient (Wildman–Crippen LogP) is 3.66. The van der Waals surface area contributed by atoms with E-state index in [4.69, 9.17) is 4.42 Å². The first-order chi connectivity index (χ1) is 7.61. The smallest absolute Gasteiger partial charge is 0.134 e. The van der Waals surface area contributed by atoms with E-state index in [0.29, 0.717) is 5.92 Å². The molecule has 0 radical (unpaired) electrons. The minimum Gasteiger partial charge on any atom is -0.459 e. The van der Waals surface area contributed by atoms with Crippen molar-refractivity contribution < 1.29 is 4.42 Å². The summed E-state index contributed by atoms with van der Waals surface area (Å²) in [7, 11) is 1.98. The molecule has 0 aliphatic rings. The Hall–Kier alpha value is -1.28. The Labute approximate surface area is 96.6 Å². The van der Waals surface area contributed by atoms with Crippen LogP contribution in [0.3, 0.4) is 0 Å². The number of fused-ring (bicyclic) bond motifs is 1. The van der Waals surface area contributed by atoms with Gasteiger partial charge in [0.2, 0.25) is 0 Å². The van der Waals surface area contributed by atoms with Crippen molar-refractivity contribution in [2.75, 3.05) is 7.05 Å². The summed E-state index contributed by atoms with van der Waals surface area (Å²) < 4.78 is 5.87. The van der Waals surface area contributed by atoms with E-state index < -0.39 is 0 Å². The molecule has 0 spiro atoms. The maximum absolute atomic E-state index is 5.87. The highest BCUT2D eigenvalue weighted by Gasteiger charge is 2.17. The summed E-state index contributed by atoms with van der Waals surface area (Å²) in [5.74, 6) is 1.55. The standard InChI is InChI=1S/C14H19NO/c1-9(2)14(15-4)13-8-11-7-10(3)5-6-12(11)16-13/h5-9,14-15H,1-4H3. The average molecular weight is 217 g/mol. The summed E-state index contributed by atoms with van der Waals surface area (Å²) in [6.45, 7) is 6.49. The van der Waals surface area contributed by atoms with Crippen LogP contribution in [0, 0.1) is 12.8 Å². The third-order valence-electron chi connectivity index (χ3n) is 2.98. The molecule has 86 valence electrons. The third-order valence-corrected chi connectivity index (χ3v) is 2.98. The summed E-state index contributed by atoms with van der Waals surface area (Å²) >= 11 is 0. The molecule has 1 heterocycles. The highest BCUT2D eigenvalue weighted by Crippen LogP contribution is 2.28. The SMILES string of the molecule is CNC(c1cc2cc(C)ccc2o1)C(C)C. The van der Waals surface area contributed by atoms with Crippen molar-refractivity contribution in [1.82, 2.24) is 5.32 Å². The summed E-state index contributed by atoms with van der Waals surface area (Å²) in [5.41, 5.74) is 2.24. The van der Waals surface area contributed by atoms with E-state index in [1.54, 1.807) is 0 Å². The largest absolute Gasteiger partial charge is 0.459 e. The van der Waals surface area contributed by atoms with Gasteiger partial charge in [0.05, 0.1) is 6.04 Å². The van der Waals surface area contributed by atoms with Crippen molar-refractivity contribution in [3.05, 3.63) is 35.6 Å². The summed E-state index contributed by atoms with van der Waals surface area (Å²) in [4.78, 5) is 0. The van der Waals surface area contributed by atoms with Crippen LogP contribution in [0.1, 0.15) is 31.2 Å². The lowest BCUT2D eigenvalue weighted by molar-refractivity contribution is 0.371. The van der Waals surface area contributed by atoms with E-state index in [1.165, 1.54) is 10.9 Å². The molecule has 2 heteroatoms. The molecule has 1 aromatic carbocycles. The normalized spacial score (nSPS) is 13.6. The van der Waals surface area contributed by atoms with Gasteiger partial charge in [0.1, 0.15) is 11.3 Å². The fraction of sp³-hybridized carbons (Fsp3) is 0.429. The van der Waals surface area contributed by atoms with E-state index in [2.05, 4.69) is 44.3 Å². The molecule has 0 amide bonds. The van der Waals surface area contributed by atoms with Crippen LogP contribution in [0.4, 0.5) is 0 Å². The Balaban J connectivity index is 2.45. The lowest BCUT2D eigenvalue weighted by Crippen LogP contribution is -2.20. The monoisotopic (exact) mass is 217 g/mol. The Morgan fingerprint density at radius 1 is 1.19 bits per heavy atom. The van der Waals surface area contributed by atoms with Crippen LogP contribution in [-0.2, 0) is 0 Å². The maximum atomic E-state index is 5.87. The van der Waals surface area contributed by atoms with Gasteiger partial charge in [-0.25, -0.2) is 0 Å². The number of aryl methyl sites for hydroxylation is 1. The second-order valence-corrected chi connectivity index (χ2v) is 4.70. The molecule has 2 aromatic rings. The molecular formula is C14H19NO. The Morgan fingerprint density at radius 3 is 2.56 bits per heavy atom. The topological polar surface area (TPSA) is 25.2 Å². The van der Waals surface area contributed by atoms with Gasteiger partial charge in [-0.1, -0.05) is 25.5 Å². The minimum absolute atomic E-state index is 0.285. The van der Waals surface area contributed by atoms with E-state index in [1.807, 2.05) is 13.1 Å². The van der Waals surface area contributed by atoms with Crippen LogP contribution < -0.4 is 5.32 Å². The lowest BCUT2D eigenvalue weighted by atomic mass is 10.0. The Morgan fingerprint density at radius 2 is 1.94 bits per heavy atom. The maximum Gasteiger partial charge on any atom is 0.134 e. The van der Waals surface area contributed by atoms with E-state index in [0.717, 1.165) is 11.3 Å². The number of rotatable bonds is 3. The van der Waals surface area contributed by atoms with Gasteiger partial charge in [0, 0.05) is 5.39 Å². The quantitative estimate of drug-likeness (QED) is 0.848. The van der Waals surface area contributed by atoms with Gasteiger partial charge in [-0.05, 0) is 38.1 Å². The molecule has 1 unspecified atom stereocenters. The molecule has 0 aliphatic heterocycles. The van der Waals surface area contributed by atoms with E-state index in [-0.39, 0.29) is 6.04 Å². The number of hydrogen-bond donors (Lipinski definition) is 1. The Bertz CT molecular complexity index is 484. The molecule has 1 N–H and O–H groups in total. The van der Waals surface area contributed by atoms with Crippen LogP contribution in [0.15, 0.2) is 28.7 Å². The van der Waals surface area contributed by atoms with Crippen molar-refractivity contribution in [2.24, 2.45) is 5.92 Å². The number of benzene rings is 1. The molecule has 0 fully saturated rings. The second-order valence-electron chi connectivity index (χ2n) is 4.70. The first kappa shape index (κ1) is 11.2. The van der Waals surface area contributed by atoms with Crippen LogP contribution in [-0.4, -0.2) is 7.05 Å². The zero-order valence-electron chi connectivity index (χ0n) is 10.4. The molecular weight excluding hydrogens is 198 g/mol. The molecule has 0 saturated carbocycles. The molecule has 0 bridgehead atoms. The molecule has 0 saturated heterocycles. The molecule has 1 atom stereocenters. The van der Waals surface area contributed by atoms with Crippen LogP contribution in [0.5, 0.6) is 0 Å². The fourth-order valence-corrected chi connectivity index (χ4v) is 2.14. The minimum atomic E-state index is 0.285. The lowest BCUT2D eigenvalue weighted by Gasteiger charge is -2.16. The fourth-order valence-electron chi connectivity index (χ4n) is 2.14. The van der Waals surface area contributed by atoms with E-state index >= 15 is 0 Å². The van der Waals surface area contributed by atoms with E-state index in [9.17, 15) is 0 Å². The van der Waals surface area contributed by atoms with Crippen LogP contribution in [0.2, 0.25) is 0 Å². The van der Waals surface area contributed by atoms with Crippen molar-refractivity contribution >= 4 is 11.0 Å². The number of nitrogens with one attached hydrogen (secondary N) is 1. The van der Waals surface area contributed by atoms with Crippen molar-refractivity contribution in [3.63, 3.8) is 0 Å². The van der Waals surface area contributed by atoms with Crippen molar-refractivity contribution in [3.8, 4) is 0 Å². The zero-order valence-corrected chi connectivity index (χ0v) is 10.4. The van der Waals surface area contributed by atoms with Crippen molar-refractivity contribution in [1.29, 1.82) is 0 Å². The first-order valence-corrected chi connectivity index (χ1v) is 5.79. The van der Waals surface area contributed by atoms with Gasteiger partial charge >= 0.3 is 0 Å². The predicted molar refractivity (Wildman–Crippen MR) is 67.6 cm³/mol. The average Bonchev–Trinajstić information content (AvgIpc) is 2.60. The van der Waals surface area contributed by atoms with Crippen LogP contribution >= 0.6 is 0 Å². The van der Waals surface area contributed by atoms with Crippen LogP contribution in [0.25, 0.3) is 11.0 Å². The van der Waals surface area contributed by atoms with Gasteiger partial charge < -0.3 is 9.73 Å². The zero-order chi connectivity index (χ0) is 11.7. The summed E-state index contributed by atoms with van der Waals surface area (Å²) in [6.07, 6.45) is 0. The number of furan rings is 1. The molecule has 0 aliphatic carbocycles. The molecule has 2 rings (SSSR count). The van der Waals surface area contributed by atoms with Gasteiger partial charge in [0.15, 0.2) is 0 Å².